The Hall–Kier alpha value is -1.27. The number of amides is 1. The number of carbonyl (C=O) groups excluding carboxylic acids is 1. The second-order valence-electron chi connectivity index (χ2n) is 4.58. The molecule has 1 aliphatic carbocycles. The molecule has 0 bridgehead atoms. The number of thioether (sulfide) groups is 1. The van der Waals surface area contributed by atoms with E-state index in [9.17, 15) is 4.79 Å². The van der Waals surface area contributed by atoms with E-state index in [0.717, 1.165) is 12.2 Å². The first-order valence-electron chi connectivity index (χ1n) is 6.59. The largest absolute Gasteiger partial charge is 0.348 e. The Labute approximate surface area is 117 Å². The zero-order chi connectivity index (χ0) is 13.7. The average Bonchev–Trinajstić information content (AvgIpc) is 2.86. The summed E-state index contributed by atoms with van der Waals surface area (Å²) in [6, 6.07) is 3.71. The first-order chi connectivity index (χ1) is 9.24. The molecule has 2 rings (SSSR count). The Balaban J connectivity index is 1.95. The van der Waals surface area contributed by atoms with Gasteiger partial charge in [0.2, 0.25) is 0 Å². The maximum absolute atomic E-state index is 12.1. The van der Waals surface area contributed by atoms with Crippen LogP contribution in [-0.2, 0) is 0 Å². The monoisotopic (exact) mass is 280 g/mol. The third-order valence-electron chi connectivity index (χ3n) is 3.32. The number of hydrogen-bond donors (Lipinski definition) is 3. The molecule has 2 unspecified atom stereocenters. The van der Waals surface area contributed by atoms with Gasteiger partial charge >= 0.3 is 0 Å². The molecule has 0 radical (unpaired) electrons. The normalized spacial score (nSPS) is 22.2. The number of aromatic nitrogens is 1. The van der Waals surface area contributed by atoms with Crippen molar-refractivity contribution in [2.75, 3.05) is 11.2 Å². The summed E-state index contributed by atoms with van der Waals surface area (Å²) < 4.78 is 0. The van der Waals surface area contributed by atoms with Gasteiger partial charge in [-0.15, -0.1) is 0 Å². The van der Waals surface area contributed by atoms with Gasteiger partial charge in [0, 0.05) is 17.5 Å². The minimum Gasteiger partial charge on any atom is -0.348 e. The topological polar surface area (TPSA) is 80.0 Å². The minimum absolute atomic E-state index is 0.0512. The van der Waals surface area contributed by atoms with Crippen LogP contribution in [0.25, 0.3) is 0 Å². The van der Waals surface area contributed by atoms with Gasteiger partial charge in [-0.1, -0.05) is 13.3 Å². The van der Waals surface area contributed by atoms with Crippen LogP contribution in [0, 0.1) is 0 Å². The molecule has 1 aromatic heterocycles. The Morgan fingerprint density at radius 1 is 1.53 bits per heavy atom. The van der Waals surface area contributed by atoms with Crippen LogP contribution in [0.5, 0.6) is 0 Å². The highest BCUT2D eigenvalue weighted by Crippen LogP contribution is 2.30. The van der Waals surface area contributed by atoms with Gasteiger partial charge in [0.15, 0.2) is 0 Å². The number of nitrogen functional groups attached to an aromatic ring is 1. The van der Waals surface area contributed by atoms with Crippen LogP contribution in [0.15, 0.2) is 18.3 Å². The van der Waals surface area contributed by atoms with Gasteiger partial charge in [-0.2, -0.15) is 11.8 Å². The van der Waals surface area contributed by atoms with E-state index in [1.165, 1.54) is 12.8 Å². The Morgan fingerprint density at radius 2 is 2.37 bits per heavy atom. The van der Waals surface area contributed by atoms with Crippen LogP contribution in [0.4, 0.5) is 5.82 Å². The van der Waals surface area contributed by atoms with Crippen LogP contribution in [0.3, 0.4) is 0 Å². The maximum Gasteiger partial charge on any atom is 0.253 e. The highest BCUT2D eigenvalue weighted by molar-refractivity contribution is 7.99. The fraction of sp³-hybridized carbons (Fsp3) is 0.538. The summed E-state index contributed by atoms with van der Waals surface area (Å²) in [5.74, 6) is 6.84. The third-order valence-corrected chi connectivity index (χ3v) is 4.65. The first kappa shape index (κ1) is 14.1. The van der Waals surface area contributed by atoms with E-state index >= 15 is 0 Å². The van der Waals surface area contributed by atoms with Crippen molar-refractivity contribution in [1.29, 1.82) is 0 Å². The predicted molar refractivity (Wildman–Crippen MR) is 79.1 cm³/mol. The molecule has 0 spiro atoms. The number of nitrogens with one attached hydrogen (secondary N) is 2. The van der Waals surface area contributed by atoms with E-state index < -0.39 is 0 Å². The van der Waals surface area contributed by atoms with E-state index in [4.69, 9.17) is 5.84 Å². The van der Waals surface area contributed by atoms with Crippen molar-refractivity contribution in [2.45, 2.75) is 37.5 Å². The molecule has 0 aromatic carbocycles. The van der Waals surface area contributed by atoms with E-state index in [1.807, 2.05) is 11.8 Å². The van der Waals surface area contributed by atoms with Crippen molar-refractivity contribution >= 4 is 23.5 Å². The molecule has 0 aliphatic heterocycles. The average molecular weight is 280 g/mol. The SMILES string of the molecule is CCSC1CCCC1NC(=O)c1ccc(NN)nc1. The van der Waals surface area contributed by atoms with Gasteiger partial charge in [0.25, 0.3) is 5.91 Å². The fourth-order valence-corrected chi connectivity index (χ4v) is 3.57. The number of hydrogen-bond acceptors (Lipinski definition) is 5. The lowest BCUT2D eigenvalue weighted by Crippen LogP contribution is -2.38. The Morgan fingerprint density at radius 3 is 3.00 bits per heavy atom. The van der Waals surface area contributed by atoms with Gasteiger partial charge in [-0.25, -0.2) is 10.8 Å². The number of rotatable bonds is 5. The van der Waals surface area contributed by atoms with Gasteiger partial charge < -0.3 is 10.7 Å². The number of carbonyl (C=O) groups is 1. The molecular weight excluding hydrogens is 260 g/mol. The quantitative estimate of drug-likeness (QED) is 0.566. The van der Waals surface area contributed by atoms with E-state index in [1.54, 1.807) is 18.3 Å². The van der Waals surface area contributed by atoms with Crippen LogP contribution in [0.2, 0.25) is 0 Å². The van der Waals surface area contributed by atoms with Gasteiger partial charge in [0.1, 0.15) is 5.82 Å². The summed E-state index contributed by atoms with van der Waals surface area (Å²) in [5, 5.41) is 3.66. The van der Waals surface area contributed by atoms with E-state index in [2.05, 4.69) is 22.7 Å². The number of hydrazine groups is 1. The van der Waals surface area contributed by atoms with Crippen molar-refractivity contribution in [2.24, 2.45) is 5.84 Å². The summed E-state index contributed by atoms with van der Waals surface area (Å²) in [6.07, 6.45) is 5.00. The molecule has 4 N–H and O–H groups in total. The molecule has 1 heterocycles. The third kappa shape index (κ3) is 3.61. The van der Waals surface area contributed by atoms with Crippen molar-refractivity contribution in [1.82, 2.24) is 10.3 Å². The molecular formula is C13H20N4OS. The Bertz CT molecular complexity index is 423. The predicted octanol–water partition coefficient (Wildman–Crippen LogP) is 1.77. The standard InChI is InChI=1S/C13H20N4OS/c1-2-19-11-5-3-4-10(11)16-13(18)9-6-7-12(17-14)15-8-9/h6-8,10-11H,2-5,14H2,1H3,(H,15,17)(H,16,18). The van der Waals surface area contributed by atoms with Crippen molar-refractivity contribution in [3.63, 3.8) is 0 Å². The lowest BCUT2D eigenvalue weighted by atomic mass is 10.2. The smallest absolute Gasteiger partial charge is 0.253 e. The molecule has 104 valence electrons. The van der Waals surface area contributed by atoms with Crippen LogP contribution in [-0.4, -0.2) is 27.9 Å². The zero-order valence-corrected chi connectivity index (χ0v) is 11.9. The summed E-state index contributed by atoms with van der Waals surface area (Å²) in [6.45, 7) is 2.16. The van der Waals surface area contributed by atoms with Crippen molar-refractivity contribution in [3.8, 4) is 0 Å². The second kappa shape index (κ2) is 6.77. The molecule has 1 amide bonds. The highest BCUT2D eigenvalue weighted by Gasteiger charge is 2.28. The number of nitrogens with zero attached hydrogens (tertiary/aromatic N) is 1. The van der Waals surface area contributed by atoms with E-state index in [0.29, 0.717) is 16.6 Å². The molecule has 1 fully saturated rings. The highest BCUT2D eigenvalue weighted by atomic mass is 32.2. The van der Waals surface area contributed by atoms with Gasteiger partial charge in [-0.05, 0) is 30.7 Å². The molecule has 2 atom stereocenters. The fourth-order valence-electron chi connectivity index (χ4n) is 2.37. The molecule has 19 heavy (non-hydrogen) atoms. The second-order valence-corrected chi connectivity index (χ2v) is 6.10. The first-order valence-corrected chi connectivity index (χ1v) is 7.64. The number of anilines is 1. The summed E-state index contributed by atoms with van der Waals surface area (Å²) in [7, 11) is 0. The Kier molecular flexibility index (Phi) is 5.04. The summed E-state index contributed by atoms with van der Waals surface area (Å²) >= 11 is 1.93. The molecule has 1 aliphatic rings. The zero-order valence-electron chi connectivity index (χ0n) is 11.1. The lowest BCUT2D eigenvalue weighted by molar-refractivity contribution is 0.0938. The van der Waals surface area contributed by atoms with Crippen LogP contribution >= 0.6 is 11.8 Å². The van der Waals surface area contributed by atoms with Crippen molar-refractivity contribution in [3.05, 3.63) is 23.9 Å². The maximum atomic E-state index is 12.1. The minimum atomic E-state index is -0.0512. The van der Waals surface area contributed by atoms with Gasteiger partial charge in [0.05, 0.1) is 5.56 Å². The molecule has 1 saturated carbocycles. The molecule has 0 saturated heterocycles. The van der Waals surface area contributed by atoms with Crippen LogP contribution < -0.4 is 16.6 Å². The number of pyridine rings is 1. The van der Waals surface area contributed by atoms with E-state index in [-0.39, 0.29) is 11.9 Å². The van der Waals surface area contributed by atoms with Crippen LogP contribution in [0.1, 0.15) is 36.5 Å². The molecule has 5 nitrogen and oxygen atoms in total. The van der Waals surface area contributed by atoms with Gasteiger partial charge in [-0.3, -0.25) is 4.79 Å². The summed E-state index contributed by atoms with van der Waals surface area (Å²) in [5.41, 5.74) is 3.02. The molecule has 1 aromatic rings. The lowest BCUT2D eigenvalue weighted by Gasteiger charge is -2.20. The molecule has 6 heteroatoms. The van der Waals surface area contributed by atoms with Crippen molar-refractivity contribution < 1.29 is 4.79 Å². The number of nitrogens with two attached hydrogens (primary N) is 1. The summed E-state index contributed by atoms with van der Waals surface area (Å²) in [4.78, 5) is 16.2.